The summed E-state index contributed by atoms with van der Waals surface area (Å²) in [5, 5.41) is 13.4. The van der Waals surface area contributed by atoms with Gasteiger partial charge >= 0.3 is 0 Å². The summed E-state index contributed by atoms with van der Waals surface area (Å²) >= 11 is 7.03. The number of nitrogens with one attached hydrogen (secondary N) is 2. The monoisotopic (exact) mass is 487 g/mol. The Labute approximate surface area is 191 Å². The van der Waals surface area contributed by atoms with E-state index in [1.807, 2.05) is 6.07 Å². The normalized spacial score (nSPS) is 12.4. The number of phenols is 1. The molecule has 2 aromatic rings. The minimum atomic E-state index is -3.94. The molecule has 1 heterocycles. The molecule has 170 valence electrons. The molecule has 1 aromatic heterocycles. The average Bonchev–Trinajstić information content (AvgIpc) is 3.18. The van der Waals surface area contributed by atoms with Crippen LogP contribution in [0.2, 0.25) is 5.02 Å². The highest BCUT2D eigenvalue weighted by molar-refractivity contribution is 7.96. The molecule has 0 aliphatic rings. The van der Waals surface area contributed by atoms with E-state index in [4.69, 9.17) is 16.0 Å². The molecule has 0 aliphatic carbocycles. The van der Waals surface area contributed by atoms with Gasteiger partial charge in [-0.2, -0.15) is 0 Å². The van der Waals surface area contributed by atoms with Crippen LogP contribution in [0.3, 0.4) is 0 Å². The van der Waals surface area contributed by atoms with Crippen LogP contribution in [0.25, 0.3) is 0 Å². The zero-order chi connectivity index (χ0) is 23.2. The smallest absolute Gasteiger partial charge is 0.247 e. The molecule has 0 amide bonds. The van der Waals surface area contributed by atoms with E-state index in [1.54, 1.807) is 6.26 Å². The van der Waals surface area contributed by atoms with Gasteiger partial charge in [-0.25, -0.2) is 17.1 Å². The van der Waals surface area contributed by atoms with E-state index in [9.17, 15) is 13.5 Å². The van der Waals surface area contributed by atoms with E-state index in [0.29, 0.717) is 24.1 Å². The lowest BCUT2D eigenvalue weighted by molar-refractivity contribution is 0.454. The molecular formula is C19H26ClN5O4S2. The maximum atomic E-state index is 12.5. The zero-order valence-electron chi connectivity index (χ0n) is 17.7. The SMILES string of the molecule is C=NSNC(CNc1ccc(Cl)c(S(=O)(=O)N(C)C)c1O)=NCc1cc(C(C)C)co1. The number of aromatic hydroxyl groups is 1. The van der Waals surface area contributed by atoms with Gasteiger partial charge in [0.15, 0.2) is 5.75 Å². The van der Waals surface area contributed by atoms with E-state index < -0.39 is 15.8 Å². The predicted molar refractivity (Wildman–Crippen MR) is 127 cm³/mol. The van der Waals surface area contributed by atoms with E-state index in [1.165, 1.54) is 26.2 Å². The maximum absolute atomic E-state index is 12.5. The van der Waals surface area contributed by atoms with Gasteiger partial charge in [-0.1, -0.05) is 25.4 Å². The number of halogens is 1. The molecular weight excluding hydrogens is 462 g/mol. The molecule has 31 heavy (non-hydrogen) atoms. The van der Waals surface area contributed by atoms with Crippen LogP contribution < -0.4 is 10.0 Å². The number of furan rings is 1. The summed E-state index contributed by atoms with van der Waals surface area (Å²) in [6, 6.07) is 4.84. The summed E-state index contributed by atoms with van der Waals surface area (Å²) < 4.78 is 38.1. The molecule has 0 fully saturated rings. The molecule has 3 N–H and O–H groups in total. The first-order chi connectivity index (χ1) is 14.6. The van der Waals surface area contributed by atoms with Crippen molar-refractivity contribution in [2.75, 3.05) is 26.0 Å². The molecule has 0 saturated heterocycles. The van der Waals surface area contributed by atoms with Gasteiger partial charge in [0, 0.05) is 20.8 Å². The fraction of sp³-hybridized carbons (Fsp3) is 0.368. The Balaban J connectivity index is 2.22. The molecule has 2 rings (SSSR count). The minimum absolute atomic E-state index is 0.0750. The van der Waals surface area contributed by atoms with E-state index in [0.717, 1.165) is 22.0 Å². The second-order valence-electron chi connectivity index (χ2n) is 7.00. The summed E-state index contributed by atoms with van der Waals surface area (Å²) in [5.74, 6) is 1.07. The maximum Gasteiger partial charge on any atom is 0.247 e. The van der Waals surface area contributed by atoms with Crippen molar-refractivity contribution in [1.82, 2.24) is 9.03 Å². The predicted octanol–water partition coefficient (Wildman–Crippen LogP) is 3.88. The van der Waals surface area contributed by atoms with Gasteiger partial charge in [0.1, 0.15) is 16.5 Å². The number of benzene rings is 1. The quantitative estimate of drug-likeness (QED) is 0.201. The molecule has 0 unspecified atom stereocenters. The second kappa shape index (κ2) is 10.9. The number of phenolic OH excluding ortho intramolecular Hbond substituents is 1. The number of aliphatic imine (C=N–C) groups is 1. The second-order valence-corrected chi connectivity index (χ2v) is 10.1. The summed E-state index contributed by atoms with van der Waals surface area (Å²) in [5.41, 5.74) is 1.27. The van der Waals surface area contributed by atoms with E-state index in [2.05, 4.69) is 40.0 Å². The highest BCUT2D eigenvalue weighted by Gasteiger charge is 2.26. The minimum Gasteiger partial charge on any atom is -0.504 e. The third-order valence-corrected chi connectivity index (χ3v) is 7.04. The Morgan fingerprint density at radius 3 is 2.68 bits per heavy atom. The van der Waals surface area contributed by atoms with Gasteiger partial charge in [-0.15, -0.1) is 0 Å². The number of hydrogen-bond acceptors (Lipinski definition) is 8. The molecule has 0 saturated carbocycles. The lowest BCUT2D eigenvalue weighted by Crippen LogP contribution is -2.26. The van der Waals surface area contributed by atoms with Crippen LogP contribution in [-0.2, 0) is 16.6 Å². The lowest BCUT2D eigenvalue weighted by Gasteiger charge is -2.17. The fourth-order valence-corrected chi connectivity index (χ4v) is 4.25. The summed E-state index contributed by atoms with van der Waals surface area (Å²) in [4.78, 5) is 4.11. The number of anilines is 1. The molecule has 12 heteroatoms. The van der Waals surface area contributed by atoms with Crippen molar-refractivity contribution in [3.63, 3.8) is 0 Å². The van der Waals surface area contributed by atoms with Crippen LogP contribution in [0.15, 0.2) is 43.2 Å². The van der Waals surface area contributed by atoms with Gasteiger partial charge in [0.2, 0.25) is 10.0 Å². The summed E-state index contributed by atoms with van der Waals surface area (Å²) in [6.07, 6.45) is 1.71. The van der Waals surface area contributed by atoms with Crippen LogP contribution in [-0.4, -0.2) is 51.0 Å². The number of rotatable bonds is 10. The Morgan fingerprint density at radius 1 is 1.39 bits per heavy atom. The number of sulfonamides is 1. The van der Waals surface area contributed by atoms with Crippen molar-refractivity contribution in [2.24, 2.45) is 9.39 Å². The van der Waals surface area contributed by atoms with Crippen molar-refractivity contribution in [3.05, 3.63) is 40.8 Å². The van der Waals surface area contributed by atoms with Crippen molar-refractivity contribution in [3.8, 4) is 5.75 Å². The number of hydrogen-bond donors (Lipinski definition) is 3. The molecule has 0 aliphatic heterocycles. The molecule has 0 atom stereocenters. The largest absolute Gasteiger partial charge is 0.504 e. The van der Waals surface area contributed by atoms with Crippen molar-refractivity contribution in [2.45, 2.75) is 31.2 Å². The molecule has 1 aromatic carbocycles. The van der Waals surface area contributed by atoms with Gasteiger partial charge in [-0.05, 0) is 29.7 Å². The van der Waals surface area contributed by atoms with Crippen molar-refractivity contribution < 1.29 is 17.9 Å². The standard InChI is InChI=1S/C19H26ClN5O4S2/c1-12(2)13-8-14(29-11-13)9-23-17(24-30-21-3)10-22-16-7-6-15(20)19(18(16)26)31(27,28)25(4)5/h6-8,11-12,22,26H,3,9-10H2,1-2,4-5H3,(H,23,24). The van der Waals surface area contributed by atoms with Crippen molar-refractivity contribution in [1.29, 1.82) is 0 Å². The molecule has 0 bridgehead atoms. The van der Waals surface area contributed by atoms with Gasteiger partial charge in [0.25, 0.3) is 0 Å². The van der Waals surface area contributed by atoms with Crippen LogP contribution in [0.4, 0.5) is 5.69 Å². The van der Waals surface area contributed by atoms with E-state index in [-0.39, 0.29) is 22.2 Å². The Hall–Kier alpha value is -2.21. The highest BCUT2D eigenvalue weighted by Crippen LogP contribution is 2.37. The number of amidine groups is 1. The number of nitrogens with zero attached hydrogens (tertiary/aromatic N) is 3. The fourth-order valence-electron chi connectivity index (χ4n) is 2.46. The van der Waals surface area contributed by atoms with Gasteiger partial charge < -0.3 is 14.8 Å². The average molecular weight is 488 g/mol. The van der Waals surface area contributed by atoms with Crippen LogP contribution in [0.1, 0.15) is 31.1 Å². The summed E-state index contributed by atoms with van der Waals surface area (Å²) in [6.45, 7) is 7.99. The Kier molecular flexibility index (Phi) is 8.80. The zero-order valence-corrected chi connectivity index (χ0v) is 20.1. The first kappa shape index (κ1) is 25.1. The van der Waals surface area contributed by atoms with Crippen LogP contribution in [0.5, 0.6) is 5.75 Å². The first-order valence-corrected chi connectivity index (χ1v) is 11.8. The topological polar surface area (TPSA) is 120 Å². The summed E-state index contributed by atoms with van der Waals surface area (Å²) in [7, 11) is -1.22. The molecule has 0 radical (unpaired) electrons. The first-order valence-electron chi connectivity index (χ1n) is 9.24. The Bertz CT molecular complexity index is 1050. The van der Waals surface area contributed by atoms with Gasteiger partial charge in [-0.3, -0.25) is 9.71 Å². The third kappa shape index (κ3) is 6.39. The van der Waals surface area contributed by atoms with Gasteiger partial charge in [0.05, 0.1) is 42.2 Å². The van der Waals surface area contributed by atoms with Crippen LogP contribution in [0, 0.1) is 0 Å². The van der Waals surface area contributed by atoms with E-state index >= 15 is 0 Å². The van der Waals surface area contributed by atoms with Crippen molar-refractivity contribution >= 4 is 52.0 Å². The molecule has 0 spiro atoms. The molecule has 9 nitrogen and oxygen atoms in total. The Morgan fingerprint density at radius 2 is 2.10 bits per heavy atom. The lowest BCUT2D eigenvalue weighted by atomic mass is 10.1. The van der Waals surface area contributed by atoms with Crippen LogP contribution >= 0.6 is 23.7 Å². The highest BCUT2D eigenvalue weighted by atomic mass is 35.5. The third-order valence-electron chi connectivity index (χ3n) is 4.26.